The zero-order valence-electron chi connectivity index (χ0n) is 10.2. The van der Waals surface area contributed by atoms with E-state index < -0.39 is 0 Å². The van der Waals surface area contributed by atoms with Crippen LogP contribution >= 0.6 is 11.3 Å². The number of morpholine rings is 1. The van der Waals surface area contributed by atoms with Gasteiger partial charge in [-0.05, 0) is 19.9 Å². The number of hydrogen-bond acceptors (Lipinski definition) is 5. The van der Waals surface area contributed by atoms with Gasteiger partial charge >= 0.3 is 0 Å². The van der Waals surface area contributed by atoms with Crippen LogP contribution in [0.5, 0.6) is 0 Å². The molecular formula is C12H19N3OS. The third-order valence-corrected chi connectivity index (χ3v) is 4.62. The number of aromatic nitrogens is 1. The summed E-state index contributed by atoms with van der Waals surface area (Å²) in [4.78, 5) is 8.35. The fourth-order valence-corrected chi connectivity index (χ4v) is 3.34. The van der Waals surface area contributed by atoms with Gasteiger partial charge in [-0.25, -0.2) is 4.98 Å². The molecule has 1 aliphatic heterocycles. The van der Waals surface area contributed by atoms with Crippen LogP contribution in [0.4, 0.5) is 0 Å². The van der Waals surface area contributed by atoms with Crippen LogP contribution in [0.1, 0.15) is 40.4 Å². The Bertz CT molecular complexity index is 402. The van der Waals surface area contributed by atoms with Gasteiger partial charge in [-0.1, -0.05) is 0 Å². The molecule has 0 radical (unpaired) electrons. The molecule has 1 atom stereocenters. The van der Waals surface area contributed by atoms with Gasteiger partial charge in [0.2, 0.25) is 0 Å². The average molecular weight is 253 g/mol. The summed E-state index contributed by atoms with van der Waals surface area (Å²) >= 11 is 1.75. The maximum Gasteiger partial charge on any atom is 0.123 e. The second kappa shape index (κ2) is 4.65. The van der Waals surface area contributed by atoms with Crippen molar-refractivity contribution in [1.82, 2.24) is 9.88 Å². The topological polar surface area (TPSA) is 51.4 Å². The van der Waals surface area contributed by atoms with Gasteiger partial charge in [0, 0.05) is 30.4 Å². The largest absolute Gasteiger partial charge is 0.368 e. The normalized spacial score (nSPS) is 26.4. The molecule has 1 aromatic rings. The highest BCUT2D eigenvalue weighted by Crippen LogP contribution is 2.43. The lowest BCUT2D eigenvalue weighted by atomic mass is 10.2. The van der Waals surface area contributed by atoms with Crippen LogP contribution in [0.3, 0.4) is 0 Å². The molecule has 2 aliphatic rings. The molecule has 1 unspecified atom stereocenters. The zero-order valence-corrected chi connectivity index (χ0v) is 11.0. The van der Waals surface area contributed by atoms with Crippen molar-refractivity contribution < 1.29 is 4.74 Å². The highest BCUT2D eigenvalue weighted by atomic mass is 32.1. The van der Waals surface area contributed by atoms with Crippen molar-refractivity contribution in [3.63, 3.8) is 0 Å². The number of nitrogens with zero attached hydrogens (tertiary/aromatic N) is 2. The van der Waals surface area contributed by atoms with Gasteiger partial charge in [-0.3, -0.25) is 0 Å². The maximum atomic E-state index is 5.81. The number of nitrogens with two attached hydrogens (primary N) is 1. The van der Waals surface area contributed by atoms with Crippen LogP contribution in [0.2, 0.25) is 0 Å². The molecule has 5 heteroatoms. The number of likely N-dealkylation sites (N-methyl/N-ethyl adjacent to an activating group) is 1. The molecule has 0 bridgehead atoms. The number of rotatable bonds is 3. The fraction of sp³-hybridized carbons (Fsp3) is 0.750. The summed E-state index contributed by atoms with van der Waals surface area (Å²) in [5.41, 5.74) is 7.06. The van der Waals surface area contributed by atoms with E-state index in [1.807, 2.05) is 0 Å². The zero-order chi connectivity index (χ0) is 11.8. The van der Waals surface area contributed by atoms with Crippen LogP contribution in [0, 0.1) is 0 Å². The van der Waals surface area contributed by atoms with Crippen molar-refractivity contribution in [3.8, 4) is 0 Å². The molecule has 1 aromatic heterocycles. The summed E-state index contributed by atoms with van der Waals surface area (Å²) in [6.45, 7) is 3.38. The molecule has 3 rings (SSSR count). The molecule has 0 spiro atoms. The van der Waals surface area contributed by atoms with Gasteiger partial charge in [0.05, 0.1) is 12.3 Å². The SMILES string of the molecule is CN1CCOC(c2nc(C3CC3)c(CN)s2)C1. The van der Waals surface area contributed by atoms with E-state index in [1.54, 1.807) is 11.3 Å². The lowest BCUT2D eigenvalue weighted by Crippen LogP contribution is -2.35. The molecule has 4 nitrogen and oxygen atoms in total. The molecular weight excluding hydrogens is 234 g/mol. The Morgan fingerprint density at radius 3 is 3.00 bits per heavy atom. The number of hydrogen-bond donors (Lipinski definition) is 1. The molecule has 1 aliphatic carbocycles. The van der Waals surface area contributed by atoms with Gasteiger partial charge in [0.1, 0.15) is 11.1 Å². The van der Waals surface area contributed by atoms with Crippen LogP contribution in [0.25, 0.3) is 0 Å². The van der Waals surface area contributed by atoms with E-state index in [0.717, 1.165) is 24.7 Å². The summed E-state index contributed by atoms with van der Waals surface area (Å²) in [5, 5.41) is 1.12. The van der Waals surface area contributed by atoms with Gasteiger partial charge in [-0.15, -0.1) is 11.3 Å². The van der Waals surface area contributed by atoms with E-state index in [-0.39, 0.29) is 6.10 Å². The summed E-state index contributed by atoms with van der Waals surface area (Å²) in [6, 6.07) is 0. The van der Waals surface area contributed by atoms with Crippen LogP contribution in [-0.2, 0) is 11.3 Å². The Balaban J connectivity index is 1.82. The average Bonchev–Trinajstić information content (AvgIpc) is 3.08. The molecule has 2 heterocycles. The Morgan fingerprint density at radius 2 is 2.35 bits per heavy atom. The van der Waals surface area contributed by atoms with E-state index in [4.69, 9.17) is 15.5 Å². The standard InChI is InChI=1S/C12H19N3OS/c1-15-4-5-16-9(7-15)12-14-11(8-2-3-8)10(6-13)17-12/h8-9H,2-7,13H2,1H3. The van der Waals surface area contributed by atoms with Crippen LogP contribution < -0.4 is 5.73 Å². The molecule has 2 N–H and O–H groups in total. The van der Waals surface area contributed by atoms with Crippen molar-refractivity contribution in [2.75, 3.05) is 26.7 Å². The van der Waals surface area contributed by atoms with Crippen molar-refractivity contribution >= 4 is 11.3 Å². The van der Waals surface area contributed by atoms with Gasteiger partial charge in [0.25, 0.3) is 0 Å². The van der Waals surface area contributed by atoms with E-state index in [2.05, 4.69) is 11.9 Å². The van der Waals surface area contributed by atoms with E-state index >= 15 is 0 Å². The first-order valence-corrected chi connectivity index (χ1v) is 7.09. The predicted molar refractivity (Wildman–Crippen MR) is 68.2 cm³/mol. The van der Waals surface area contributed by atoms with Crippen molar-refractivity contribution in [3.05, 3.63) is 15.6 Å². The summed E-state index contributed by atoms with van der Waals surface area (Å²) in [5.74, 6) is 0.680. The van der Waals surface area contributed by atoms with Crippen molar-refractivity contribution in [1.29, 1.82) is 0 Å². The number of thiazole rings is 1. The van der Waals surface area contributed by atoms with Gasteiger partial charge < -0.3 is 15.4 Å². The third kappa shape index (κ3) is 2.38. The molecule has 1 saturated carbocycles. The van der Waals surface area contributed by atoms with Gasteiger partial charge in [0.15, 0.2) is 0 Å². The molecule has 0 amide bonds. The molecule has 2 fully saturated rings. The minimum absolute atomic E-state index is 0.150. The first-order chi connectivity index (χ1) is 8.28. The summed E-state index contributed by atoms with van der Waals surface area (Å²) in [6.07, 6.45) is 2.71. The Kier molecular flexibility index (Phi) is 3.17. The minimum Gasteiger partial charge on any atom is -0.368 e. The van der Waals surface area contributed by atoms with Crippen LogP contribution in [-0.4, -0.2) is 36.6 Å². The Morgan fingerprint density at radius 1 is 1.53 bits per heavy atom. The molecule has 1 saturated heterocycles. The highest BCUT2D eigenvalue weighted by Gasteiger charge is 2.31. The second-order valence-electron chi connectivity index (χ2n) is 4.96. The molecule has 0 aromatic carbocycles. The lowest BCUT2D eigenvalue weighted by molar-refractivity contribution is -0.0210. The first-order valence-electron chi connectivity index (χ1n) is 6.27. The Labute approximate surface area is 106 Å². The quantitative estimate of drug-likeness (QED) is 0.886. The number of ether oxygens (including phenoxy) is 1. The maximum absolute atomic E-state index is 5.81. The first kappa shape index (κ1) is 11.6. The summed E-state index contributed by atoms with van der Waals surface area (Å²) in [7, 11) is 2.13. The molecule has 94 valence electrons. The van der Waals surface area contributed by atoms with E-state index in [0.29, 0.717) is 12.5 Å². The van der Waals surface area contributed by atoms with E-state index in [9.17, 15) is 0 Å². The fourth-order valence-electron chi connectivity index (χ4n) is 2.27. The van der Waals surface area contributed by atoms with Crippen LogP contribution in [0.15, 0.2) is 0 Å². The Hall–Kier alpha value is -0.490. The van der Waals surface area contributed by atoms with E-state index in [1.165, 1.54) is 23.4 Å². The third-order valence-electron chi connectivity index (χ3n) is 3.44. The summed E-state index contributed by atoms with van der Waals surface area (Å²) < 4.78 is 5.81. The lowest BCUT2D eigenvalue weighted by Gasteiger charge is -2.28. The second-order valence-corrected chi connectivity index (χ2v) is 6.08. The van der Waals surface area contributed by atoms with Gasteiger partial charge in [-0.2, -0.15) is 0 Å². The van der Waals surface area contributed by atoms with Crippen molar-refractivity contribution in [2.24, 2.45) is 5.73 Å². The monoisotopic (exact) mass is 253 g/mol. The predicted octanol–water partition coefficient (Wildman–Crippen LogP) is 1.48. The van der Waals surface area contributed by atoms with Crippen molar-refractivity contribution in [2.45, 2.75) is 31.4 Å². The highest BCUT2D eigenvalue weighted by molar-refractivity contribution is 7.11. The molecule has 17 heavy (non-hydrogen) atoms. The smallest absolute Gasteiger partial charge is 0.123 e. The minimum atomic E-state index is 0.150.